The van der Waals surface area contributed by atoms with E-state index in [2.05, 4.69) is 32.2 Å². The molecule has 2 nitrogen and oxygen atoms in total. The van der Waals surface area contributed by atoms with Crippen LogP contribution in [0.15, 0.2) is 40.8 Å². The largest absolute Gasteiger partial charge is 0.466 e. The fourth-order valence-corrected chi connectivity index (χ4v) is 2.68. The van der Waals surface area contributed by atoms with Gasteiger partial charge in [-0.3, -0.25) is 0 Å². The number of hydrogen-bond donors (Lipinski definition) is 1. The van der Waals surface area contributed by atoms with Gasteiger partial charge in [0.2, 0.25) is 0 Å². The van der Waals surface area contributed by atoms with Gasteiger partial charge in [0.1, 0.15) is 17.3 Å². The SMILES string of the molecule is Cc1ccc(C(C)(C)CC(C)NCc2cccc(F)c2)o1. The first-order valence-corrected chi connectivity index (χ1v) is 7.41. The highest BCUT2D eigenvalue weighted by Gasteiger charge is 2.26. The minimum atomic E-state index is -0.187. The maximum absolute atomic E-state index is 13.1. The molecule has 1 aromatic heterocycles. The second-order valence-electron chi connectivity index (χ2n) is 6.41. The van der Waals surface area contributed by atoms with E-state index in [1.54, 1.807) is 12.1 Å². The first-order chi connectivity index (χ1) is 9.87. The molecule has 1 atom stereocenters. The average Bonchev–Trinajstić information content (AvgIpc) is 2.84. The summed E-state index contributed by atoms with van der Waals surface area (Å²) in [5.41, 5.74) is 0.941. The van der Waals surface area contributed by atoms with Crippen molar-refractivity contribution in [3.8, 4) is 0 Å². The van der Waals surface area contributed by atoms with E-state index in [0.717, 1.165) is 23.5 Å². The van der Waals surface area contributed by atoms with Crippen molar-refractivity contribution in [1.29, 1.82) is 0 Å². The van der Waals surface area contributed by atoms with E-state index in [1.807, 2.05) is 19.1 Å². The van der Waals surface area contributed by atoms with Gasteiger partial charge in [-0.1, -0.05) is 26.0 Å². The van der Waals surface area contributed by atoms with Crippen molar-refractivity contribution >= 4 is 0 Å². The van der Waals surface area contributed by atoms with Crippen LogP contribution in [0.2, 0.25) is 0 Å². The van der Waals surface area contributed by atoms with E-state index in [1.165, 1.54) is 6.07 Å². The smallest absolute Gasteiger partial charge is 0.123 e. The fraction of sp³-hybridized carbons (Fsp3) is 0.444. The molecule has 2 aromatic rings. The number of benzene rings is 1. The van der Waals surface area contributed by atoms with Crippen molar-refractivity contribution < 1.29 is 8.81 Å². The molecule has 1 heterocycles. The lowest BCUT2D eigenvalue weighted by Crippen LogP contribution is -2.32. The van der Waals surface area contributed by atoms with Crippen LogP contribution in [-0.2, 0) is 12.0 Å². The Kier molecular flexibility index (Phi) is 4.84. The standard InChI is InChI=1S/C18H24FNO/c1-13(20-12-15-6-5-7-16(19)10-15)11-18(3,4)17-9-8-14(2)21-17/h5-10,13,20H,11-12H2,1-4H3. The number of aryl methyl sites for hydroxylation is 1. The highest BCUT2D eigenvalue weighted by atomic mass is 19.1. The maximum Gasteiger partial charge on any atom is 0.123 e. The molecule has 2 rings (SSSR count). The minimum Gasteiger partial charge on any atom is -0.466 e. The second kappa shape index (κ2) is 6.44. The van der Waals surface area contributed by atoms with E-state index in [9.17, 15) is 4.39 Å². The Hall–Kier alpha value is -1.61. The van der Waals surface area contributed by atoms with Gasteiger partial charge in [-0.2, -0.15) is 0 Å². The van der Waals surface area contributed by atoms with Gasteiger partial charge in [0.15, 0.2) is 0 Å². The molecular formula is C18H24FNO. The van der Waals surface area contributed by atoms with Gasteiger partial charge in [0.05, 0.1) is 0 Å². The molecule has 1 N–H and O–H groups in total. The van der Waals surface area contributed by atoms with E-state index in [-0.39, 0.29) is 11.2 Å². The lowest BCUT2D eigenvalue weighted by atomic mass is 9.83. The van der Waals surface area contributed by atoms with Gasteiger partial charge in [0, 0.05) is 18.0 Å². The lowest BCUT2D eigenvalue weighted by Gasteiger charge is -2.26. The van der Waals surface area contributed by atoms with Gasteiger partial charge in [0.25, 0.3) is 0 Å². The summed E-state index contributed by atoms with van der Waals surface area (Å²) in [5.74, 6) is 1.77. The molecule has 0 aliphatic heterocycles. The highest BCUT2D eigenvalue weighted by Crippen LogP contribution is 2.29. The molecule has 1 unspecified atom stereocenters. The van der Waals surface area contributed by atoms with Crippen LogP contribution >= 0.6 is 0 Å². The normalized spacial score (nSPS) is 13.4. The number of halogens is 1. The summed E-state index contributed by atoms with van der Waals surface area (Å²) >= 11 is 0. The lowest BCUT2D eigenvalue weighted by molar-refractivity contribution is 0.319. The molecule has 0 radical (unpaired) electrons. The zero-order valence-electron chi connectivity index (χ0n) is 13.2. The second-order valence-corrected chi connectivity index (χ2v) is 6.41. The Morgan fingerprint density at radius 1 is 1.24 bits per heavy atom. The molecule has 0 amide bonds. The predicted molar refractivity (Wildman–Crippen MR) is 83.8 cm³/mol. The molecule has 0 aliphatic carbocycles. The van der Waals surface area contributed by atoms with E-state index >= 15 is 0 Å². The topological polar surface area (TPSA) is 25.2 Å². The van der Waals surface area contributed by atoms with Gasteiger partial charge in [-0.25, -0.2) is 4.39 Å². The Morgan fingerprint density at radius 3 is 2.62 bits per heavy atom. The highest BCUT2D eigenvalue weighted by molar-refractivity contribution is 5.17. The molecule has 0 aliphatic rings. The third kappa shape index (κ3) is 4.43. The predicted octanol–water partition coefficient (Wildman–Crippen LogP) is 4.57. The Labute approximate surface area is 126 Å². The summed E-state index contributed by atoms with van der Waals surface area (Å²) in [6, 6.07) is 11.1. The molecule has 114 valence electrons. The van der Waals surface area contributed by atoms with Gasteiger partial charge in [-0.05, 0) is 50.1 Å². The number of nitrogens with one attached hydrogen (secondary N) is 1. The summed E-state index contributed by atoms with van der Waals surface area (Å²) in [4.78, 5) is 0. The van der Waals surface area contributed by atoms with Crippen molar-refractivity contribution in [3.63, 3.8) is 0 Å². The molecule has 0 fully saturated rings. The first kappa shape index (κ1) is 15.8. The van der Waals surface area contributed by atoms with Crippen molar-refractivity contribution in [2.45, 2.75) is 52.1 Å². The molecule has 0 spiro atoms. The minimum absolute atomic E-state index is 0.0252. The van der Waals surface area contributed by atoms with Gasteiger partial charge < -0.3 is 9.73 Å². The molecule has 0 saturated carbocycles. The van der Waals surface area contributed by atoms with Crippen molar-refractivity contribution in [2.24, 2.45) is 0 Å². The Bertz CT molecular complexity index is 588. The van der Waals surface area contributed by atoms with Crippen LogP contribution in [0.25, 0.3) is 0 Å². The zero-order chi connectivity index (χ0) is 15.5. The van der Waals surface area contributed by atoms with Gasteiger partial charge in [-0.15, -0.1) is 0 Å². The van der Waals surface area contributed by atoms with Crippen LogP contribution in [0.5, 0.6) is 0 Å². The van der Waals surface area contributed by atoms with Crippen LogP contribution in [0.3, 0.4) is 0 Å². The molecular weight excluding hydrogens is 265 g/mol. The van der Waals surface area contributed by atoms with Crippen LogP contribution in [0, 0.1) is 12.7 Å². The molecule has 0 bridgehead atoms. The van der Waals surface area contributed by atoms with Crippen LogP contribution in [-0.4, -0.2) is 6.04 Å². The van der Waals surface area contributed by atoms with E-state index in [0.29, 0.717) is 12.6 Å². The van der Waals surface area contributed by atoms with E-state index in [4.69, 9.17) is 4.42 Å². The molecule has 1 aromatic carbocycles. The van der Waals surface area contributed by atoms with Crippen LogP contribution < -0.4 is 5.32 Å². The Balaban J connectivity index is 1.90. The van der Waals surface area contributed by atoms with Crippen LogP contribution in [0.1, 0.15) is 44.3 Å². The summed E-state index contributed by atoms with van der Waals surface area (Å²) in [6.07, 6.45) is 0.954. The third-order valence-electron chi connectivity index (χ3n) is 3.77. The van der Waals surface area contributed by atoms with Crippen molar-refractivity contribution in [1.82, 2.24) is 5.32 Å². The first-order valence-electron chi connectivity index (χ1n) is 7.41. The van der Waals surface area contributed by atoms with Crippen molar-refractivity contribution in [2.75, 3.05) is 0 Å². The monoisotopic (exact) mass is 289 g/mol. The summed E-state index contributed by atoms with van der Waals surface area (Å²) in [5, 5.41) is 3.45. The molecule has 3 heteroatoms. The average molecular weight is 289 g/mol. The maximum atomic E-state index is 13.1. The van der Waals surface area contributed by atoms with Crippen molar-refractivity contribution in [3.05, 3.63) is 59.3 Å². The van der Waals surface area contributed by atoms with Gasteiger partial charge >= 0.3 is 0 Å². The summed E-state index contributed by atoms with van der Waals surface area (Å²) in [6.45, 7) is 9.16. The third-order valence-corrected chi connectivity index (χ3v) is 3.77. The van der Waals surface area contributed by atoms with E-state index < -0.39 is 0 Å². The summed E-state index contributed by atoms with van der Waals surface area (Å²) in [7, 11) is 0. The number of furan rings is 1. The summed E-state index contributed by atoms with van der Waals surface area (Å²) < 4.78 is 18.9. The molecule has 0 saturated heterocycles. The molecule has 21 heavy (non-hydrogen) atoms. The van der Waals surface area contributed by atoms with Crippen LogP contribution in [0.4, 0.5) is 4.39 Å². The number of hydrogen-bond acceptors (Lipinski definition) is 2. The zero-order valence-corrected chi connectivity index (χ0v) is 13.2. The quantitative estimate of drug-likeness (QED) is 0.842. The Morgan fingerprint density at radius 2 is 2.00 bits per heavy atom. The fourth-order valence-electron chi connectivity index (χ4n) is 2.68. The number of rotatable bonds is 6.